The fourth-order valence-corrected chi connectivity index (χ4v) is 1.10. The molecular weight excluding hydrogens is 210 g/mol. The molecule has 0 bridgehead atoms. The van der Waals surface area contributed by atoms with Crippen molar-refractivity contribution < 1.29 is 19.5 Å². The molecule has 0 spiro atoms. The molecule has 0 fully saturated rings. The highest BCUT2D eigenvalue weighted by molar-refractivity contribution is 5.94. The lowest BCUT2D eigenvalue weighted by Gasteiger charge is -2.10. The number of carbonyl (C=O) groups excluding carboxylic acids is 2. The third kappa shape index (κ3) is 3.70. The molecule has 0 unspecified atom stereocenters. The van der Waals surface area contributed by atoms with E-state index in [0.717, 1.165) is 0 Å². The minimum Gasteiger partial charge on any atom is -0.492 e. The highest BCUT2D eigenvalue weighted by Gasteiger charge is 2.00. The molecule has 0 saturated heterocycles. The second-order valence-corrected chi connectivity index (χ2v) is 3.20. The van der Waals surface area contributed by atoms with Gasteiger partial charge >= 0.3 is 0 Å². The molecule has 1 N–H and O–H groups in total. The van der Waals surface area contributed by atoms with E-state index in [9.17, 15) is 9.59 Å². The smallest absolute Gasteiger partial charge is 0.233 e. The molecule has 0 aliphatic heterocycles. The number of Topliss-reactive ketones (excluding diaryl/α,β-unsaturated/α-hetero) is 1. The monoisotopic (exact) mass is 223 g/mol. The maximum absolute atomic E-state index is 11.0. The van der Waals surface area contributed by atoms with Crippen LogP contribution in [0.1, 0.15) is 17.3 Å². The molecule has 0 aromatic heterocycles. The second-order valence-electron chi connectivity index (χ2n) is 3.20. The Kier molecular flexibility index (Phi) is 4.47. The van der Waals surface area contributed by atoms with Gasteiger partial charge in [-0.1, -0.05) is 0 Å². The fraction of sp³-hybridized carbons (Fsp3) is 0.273. The van der Waals surface area contributed by atoms with Gasteiger partial charge in [-0.05, 0) is 31.2 Å². The van der Waals surface area contributed by atoms with Crippen LogP contribution in [0.3, 0.4) is 0 Å². The first-order chi connectivity index (χ1) is 7.63. The zero-order valence-corrected chi connectivity index (χ0v) is 8.92. The number of amides is 1. The number of hydroxylamine groups is 2. The summed E-state index contributed by atoms with van der Waals surface area (Å²) in [5.74, 6) is 0.582. The molecule has 0 aliphatic rings. The van der Waals surface area contributed by atoms with Crippen LogP contribution < -0.4 is 4.74 Å². The SMILES string of the molecule is CC(=O)c1ccc(OCCN(O)C=O)cc1. The number of hydrogen-bond donors (Lipinski definition) is 1. The van der Waals surface area contributed by atoms with Crippen molar-refractivity contribution in [1.82, 2.24) is 5.06 Å². The van der Waals surface area contributed by atoms with Gasteiger partial charge < -0.3 is 4.74 Å². The van der Waals surface area contributed by atoms with Gasteiger partial charge in [0, 0.05) is 5.56 Å². The number of ether oxygens (including phenoxy) is 1. The van der Waals surface area contributed by atoms with Crippen molar-refractivity contribution in [3.63, 3.8) is 0 Å². The van der Waals surface area contributed by atoms with E-state index in [1.54, 1.807) is 24.3 Å². The number of benzene rings is 1. The third-order valence-corrected chi connectivity index (χ3v) is 1.97. The van der Waals surface area contributed by atoms with Crippen LogP contribution in [0.2, 0.25) is 0 Å². The second kappa shape index (κ2) is 5.87. The molecule has 5 nitrogen and oxygen atoms in total. The van der Waals surface area contributed by atoms with Crippen molar-refractivity contribution in [2.24, 2.45) is 0 Å². The molecule has 16 heavy (non-hydrogen) atoms. The lowest BCUT2D eigenvalue weighted by molar-refractivity contribution is -0.150. The molecule has 1 amide bonds. The van der Waals surface area contributed by atoms with Gasteiger partial charge in [0.25, 0.3) is 0 Å². The molecule has 86 valence electrons. The molecule has 1 aromatic rings. The number of ketones is 1. The Bertz CT molecular complexity index is 361. The van der Waals surface area contributed by atoms with Crippen molar-refractivity contribution in [2.45, 2.75) is 6.92 Å². The maximum Gasteiger partial charge on any atom is 0.233 e. The lowest BCUT2D eigenvalue weighted by Crippen LogP contribution is -2.23. The Balaban J connectivity index is 2.43. The standard InChI is InChI=1S/C11H13NO4/c1-9(14)10-2-4-11(5-3-10)16-7-6-12(15)8-13/h2-5,8,15H,6-7H2,1H3. The summed E-state index contributed by atoms with van der Waals surface area (Å²) in [5, 5.41) is 9.30. The van der Waals surface area contributed by atoms with Crippen LogP contribution in [0.4, 0.5) is 0 Å². The minimum absolute atomic E-state index is 0.00552. The third-order valence-electron chi connectivity index (χ3n) is 1.97. The first-order valence-electron chi connectivity index (χ1n) is 4.78. The predicted octanol–water partition coefficient (Wildman–Crippen LogP) is 1.12. The van der Waals surface area contributed by atoms with E-state index in [1.807, 2.05) is 0 Å². The molecule has 0 aliphatic carbocycles. The van der Waals surface area contributed by atoms with Crippen molar-refractivity contribution in [3.8, 4) is 5.75 Å². The quantitative estimate of drug-likeness (QED) is 0.339. The highest BCUT2D eigenvalue weighted by Crippen LogP contribution is 2.12. The number of nitrogens with zero attached hydrogens (tertiary/aromatic N) is 1. The molecule has 0 saturated carbocycles. The lowest BCUT2D eigenvalue weighted by atomic mass is 10.1. The zero-order valence-electron chi connectivity index (χ0n) is 8.92. The first kappa shape index (κ1) is 12.2. The summed E-state index contributed by atoms with van der Waals surface area (Å²) >= 11 is 0. The Morgan fingerprint density at radius 1 is 1.44 bits per heavy atom. The van der Waals surface area contributed by atoms with Gasteiger partial charge in [0.1, 0.15) is 12.4 Å². The molecule has 0 heterocycles. The van der Waals surface area contributed by atoms with Crippen molar-refractivity contribution in [3.05, 3.63) is 29.8 Å². The van der Waals surface area contributed by atoms with Crippen molar-refractivity contribution >= 4 is 12.2 Å². The normalized spacial score (nSPS) is 9.62. The van der Waals surface area contributed by atoms with Crippen LogP contribution in [0, 0.1) is 0 Å². The molecule has 1 aromatic carbocycles. The summed E-state index contributed by atoms with van der Waals surface area (Å²) in [7, 11) is 0. The summed E-state index contributed by atoms with van der Waals surface area (Å²) in [4.78, 5) is 21.0. The Labute approximate surface area is 93.2 Å². The Morgan fingerprint density at radius 2 is 2.06 bits per heavy atom. The molecule has 0 atom stereocenters. The van der Waals surface area contributed by atoms with E-state index < -0.39 is 0 Å². The van der Waals surface area contributed by atoms with Crippen LogP contribution in [0.5, 0.6) is 5.75 Å². The van der Waals surface area contributed by atoms with Crippen LogP contribution >= 0.6 is 0 Å². The topological polar surface area (TPSA) is 66.8 Å². The first-order valence-corrected chi connectivity index (χ1v) is 4.78. The summed E-state index contributed by atoms with van der Waals surface area (Å²) in [6, 6.07) is 6.65. The maximum atomic E-state index is 11.0. The van der Waals surface area contributed by atoms with Crippen LogP contribution in [-0.4, -0.2) is 35.6 Å². The summed E-state index contributed by atoms with van der Waals surface area (Å²) in [6.45, 7) is 1.77. The van der Waals surface area contributed by atoms with Crippen LogP contribution in [0.15, 0.2) is 24.3 Å². The summed E-state index contributed by atoms with van der Waals surface area (Å²) in [6.07, 6.45) is 0.308. The average Bonchev–Trinajstić information content (AvgIpc) is 2.29. The highest BCUT2D eigenvalue weighted by atomic mass is 16.5. The molecular formula is C11H13NO4. The molecule has 0 radical (unpaired) electrons. The number of rotatable bonds is 6. The fourth-order valence-electron chi connectivity index (χ4n) is 1.10. The van der Waals surface area contributed by atoms with E-state index in [-0.39, 0.29) is 18.9 Å². The van der Waals surface area contributed by atoms with E-state index in [4.69, 9.17) is 9.94 Å². The van der Waals surface area contributed by atoms with Gasteiger partial charge in [-0.3, -0.25) is 14.8 Å². The van der Waals surface area contributed by atoms with Gasteiger partial charge in [0.05, 0.1) is 6.54 Å². The largest absolute Gasteiger partial charge is 0.492 e. The molecule has 5 heteroatoms. The Hall–Kier alpha value is -1.88. The van der Waals surface area contributed by atoms with E-state index >= 15 is 0 Å². The van der Waals surface area contributed by atoms with Crippen LogP contribution in [-0.2, 0) is 4.79 Å². The summed E-state index contributed by atoms with van der Waals surface area (Å²) in [5.41, 5.74) is 0.615. The van der Waals surface area contributed by atoms with E-state index in [0.29, 0.717) is 22.8 Å². The van der Waals surface area contributed by atoms with Gasteiger partial charge in [-0.25, -0.2) is 5.06 Å². The van der Waals surface area contributed by atoms with Gasteiger partial charge in [0.2, 0.25) is 6.41 Å². The van der Waals surface area contributed by atoms with Gasteiger partial charge in [-0.15, -0.1) is 0 Å². The molecule has 1 rings (SSSR count). The van der Waals surface area contributed by atoms with Gasteiger partial charge in [0.15, 0.2) is 5.78 Å². The van der Waals surface area contributed by atoms with Crippen molar-refractivity contribution in [1.29, 1.82) is 0 Å². The van der Waals surface area contributed by atoms with E-state index in [1.165, 1.54) is 6.92 Å². The Morgan fingerprint density at radius 3 is 2.56 bits per heavy atom. The van der Waals surface area contributed by atoms with Crippen LogP contribution in [0.25, 0.3) is 0 Å². The average molecular weight is 223 g/mol. The summed E-state index contributed by atoms with van der Waals surface area (Å²) < 4.78 is 5.24. The zero-order chi connectivity index (χ0) is 12.0. The van der Waals surface area contributed by atoms with Crippen molar-refractivity contribution in [2.75, 3.05) is 13.2 Å². The number of carbonyl (C=O) groups is 2. The predicted molar refractivity (Wildman–Crippen MR) is 56.5 cm³/mol. The van der Waals surface area contributed by atoms with E-state index in [2.05, 4.69) is 0 Å². The van der Waals surface area contributed by atoms with Gasteiger partial charge in [-0.2, -0.15) is 0 Å². The number of hydrogen-bond acceptors (Lipinski definition) is 4. The minimum atomic E-state index is -0.00552.